The lowest BCUT2D eigenvalue weighted by atomic mass is 9.69. The molecule has 51 heavy (non-hydrogen) atoms. The second kappa shape index (κ2) is 17.0. The smallest absolute Gasteiger partial charge is 0.309 e. The van der Waals surface area contributed by atoms with Crippen LogP contribution in [-0.2, 0) is 33.3 Å². The van der Waals surface area contributed by atoms with Gasteiger partial charge in [-0.2, -0.15) is 0 Å². The summed E-state index contributed by atoms with van der Waals surface area (Å²) in [7, 11) is 5.27. The van der Waals surface area contributed by atoms with Crippen LogP contribution >= 0.6 is 0 Å². The summed E-state index contributed by atoms with van der Waals surface area (Å²) in [5.74, 6) is -4.90. The topological polar surface area (TPSA) is 185 Å². The Morgan fingerprint density at radius 1 is 0.902 bits per heavy atom. The van der Waals surface area contributed by atoms with Crippen molar-refractivity contribution < 1.29 is 58.8 Å². The highest BCUT2D eigenvalue weighted by Crippen LogP contribution is 2.43. The van der Waals surface area contributed by atoms with Crippen LogP contribution in [0, 0.1) is 29.6 Å². The first-order valence-electron chi connectivity index (χ1n) is 18.8. The molecule has 8 unspecified atom stereocenters. The van der Waals surface area contributed by atoms with Crippen molar-refractivity contribution in [1.82, 2.24) is 4.90 Å². The molecule has 0 aromatic rings. The zero-order valence-electron chi connectivity index (χ0n) is 33.2. The summed E-state index contributed by atoms with van der Waals surface area (Å²) in [5, 5.41) is 57.8. The number of esters is 1. The summed E-state index contributed by atoms with van der Waals surface area (Å²) in [6, 6.07) is -0.293. The SMILES string of the molecule is CC[C@H]1OC(=O)[C@H](C)[C@@H](CC2CC(C)(OC)C(O)C(C)O2)[C@H](C)[C@@H](OC2OC(C)CC(N(C)C)C2O)[C@](C)(O)C[C@@H](C)C(=O)[C@H](C)[C@@H](O)[C@]1(C)O. The quantitative estimate of drug-likeness (QED) is 0.241. The predicted octanol–water partition coefficient (Wildman–Crippen LogP) is 2.45. The van der Waals surface area contributed by atoms with Crippen LogP contribution in [0.4, 0.5) is 0 Å². The number of Topliss-reactive ketones (excluding diaryl/α,β-unsaturated/α-hetero) is 1. The first kappa shape index (κ1) is 44.1. The Morgan fingerprint density at radius 2 is 1.51 bits per heavy atom. The molecular formula is C38H69NO12. The number of nitrogens with zero attached hydrogens (tertiary/aromatic N) is 1. The minimum atomic E-state index is -1.95. The second-order valence-corrected chi connectivity index (χ2v) is 17.0. The predicted molar refractivity (Wildman–Crippen MR) is 189 cm³/mol. The highest BCUT2D eigenvalue weighted by atomic mass is 16.7. The lowest BCUT2D eigenvalue weighted by Gasteiger charge is -2.49. The molecule has 5 N–H and O–H groups in total. The summed E-state index contributed by atoms with van der Waals surface area (Å²) in [6.07, 6.45) is -6.95. The minimum Gasteiger partial charge on any atom is -0.459 e. The van der Waals surface area contributed by atoms with E-state index in [1.54, 1.807) is 34.6 Å². The Labute approximate surface area is 305 Å². The van der Waals surface area contributed by atoms with E-state index >= 15 is 0 Å². The molecular weight excluding hydrogens is 662 g/mol. The highest BCUT2D eigenvalue weighted by molar-refractivity contribution is 5.83. The van der Waals surface area contributed by atoms with Crippen molar-refractivity contribution in [1.29, 1.82) is 0 Å². The number of ether oxygens (including phenoxy) is 5. The molecule has 298 valence electrons. The number of aliphatic hydroxyl groups excluding tert-OH is 3. The second-order valence-electron chi connectivity index (χ2n) is 17.0. The lowest BCUT2D eigenvalue weighted by molar-refractivity contribution is -0.298. The zero-order chi connectivity index (χ0) is 39.0. The molecule has 3 rings (SSSR count). The monoisotopic (exact) mass is 731 g/mol. The number of cyclic esters (lactones) is 1. The van der Waals surface area contributed by atoms with Gasteiger partial charge in [-0.05, 0) is 86.2 Å². The lowest BCUT2D eigenvalue weighted by Crippen LogP contribution is -2.60. The van der Waals surface area contributed by atoms with E-state index in [1.807, 2.05) is 39.8 Å². The number of carbonyl (C=O) groups is 2. The van der Waals surface area contributed by atoms with E-state index in [4.69, 9.17) is 23.7 Å². The van der Waals surface area contributed by atoms with E-state index in [2.05, 4.69) is 0 Å². The molecule has 13 nitrogen and oxygen atoms in total. The molecule has 0 radical (unpaired) electrons. The molecule has 0 saturated carbocycles. The molecule has 0 aromatic heterocycles. The number of carbonyl (C=O) groups excluding carboxylic acids is 2. The summed E-state index contributed by atoms with van der Waals surface area (Å²) in [4.78, 5) is 29.9. The molecule has 3 aliphatic heterocycles. The maximum Gasteiger partial charge on any atom is 0.309 e. The summed E-state index contributed by atoms with van der Waals surface area (Å²) in [6.45, 7) is 16.9. The van der Waals surface area contributed by atoms with Gasteiger partial charge in [-0.25, -0.2) is 0 Å². The normalized spacial score (nSPS) is 49.7. The van der Waals surface area contributed by atoms with Gasteiger partial charge in [-0.3, -0.25) is 9.59 Å². The molecule has 3 fully saturated rings. The molecule has 0 spiro atoms. The van der Waals surface area contributed by atoms with Crippen molar-refractivity contribution >= 4 is 11.8 Å². The van der Waals surface area contributed by atoms with Crippen LogP contribution in [0.25, 0.3) is 0 Å². The van der Waals surface area contributed by atoms with Crippen molar-refractivity contribution in [3.8, 4) is 0 Å². The Balaban J connectivity index is 2.18. The average molecular weight is 732 g/mol. The van der Waals surface area contributed by atoms with Gasteiger partial charge < -0.3 is 54.1 Å². The van der Waals surface area contributed by atoms with Crippen LogP contribution in [0.5, 0.6) is 0 Å². The van der Waals surface area contributed by atoms with E-state index in [0.29, 0.717) is 12.8 Å². The molecule has 3 saturated heterocycles. The Kier molecular flexibility index (Phi) is 14.7. The highest BCUT2D eigenvalue weighted by Gasteiger charge is 2.53. The number of hydrogen-bond donors (Lipinski definition) is 5. The Morgan fingerprint density at radius 3 is 2.06 bits per heavy atom. The third kappa shape index (κ3) is 9.52. The van der Waals surface area contributed by atoms with E-state index in [9.17, 15) is 35.1 Å². The molecule has 3 aliphatic rings. The molecule has 0 bridgehead atoms. The van der Waals surface area contributed by atoms with Crippen LogP contribution in [0.15, 0.2) is 0 Å². The molecule has 3 heterocycles. The van der Waals surface area contributed by atoms with Crippen molar-refractivity contribution in [3.05, 3.63) is 0 Å². The fraction of sp³-hybridized carbons (Fsp3) is 0.947. The molecule has 13 heteroatoms. The zero-order valence-corrected chi connectivity index (χ0v) is 33.2. The molecule has 18 atom stereocenters. The van der Waals surface area contributed by atoms with Gasteiger partial charge in [0.05, 0.1) is 47.6 Å². The van der Waals surface area contributed by atoms with Crippen molar-refractivity contribution in [2.24, 2.45) is 29.6 Å². The summed E-state index contributed by atoms with van der Waals surface area (Å²) < 4.78 is 30.9. The Hall–Kier alpha value is -1.26. The van der Waals surface area contributed by atoms with Gasteiger partial charge in [0.2, 0.25) is 0 Å². The van der Waals surface area contributed by atoms with Crippen LogP contribution in [0.2, 0.25) is 0 Å². The van der Waals surface area contributed by atoms with Crippen molar-refractivity contribution in [3.63, 3.8) is 0 Å². The minimum absolute atomic E-state index is 0.0802. The van der Waals surface area contributed by atoms with Gasteiger partial charge in [-0.15, -0.1) is 0 Å². The van der Waals surface area contributed by atoms with Crippen LogP contribution in [-0.4, -0.2) is 141 Å². The van der Waals surface area contributed by atoms with Crippen LogP contribution in [0.1, 0.15) is 101 Å². The van der Waals surface area contributed by atoms with Gasteiger partial charge in [0, 0.05) is 31.4 Å². The number of hydrogen-bond acceptors (Lipinski definition) is 13. The van der Waals surface area contributed by atoms with Gasteiger partial charge in [0.15, 0.2) is 6.29 Å². The van der Waals surface area contributed by atoms with Crippen LogP contribution < -0.4 is 0 Å². The third-order valence-electron chi connectivity index (χ3n) is 12.5. The maximum atomic E-state index is 14.2. The van der Waals surface area contributed by atoms with Crippen molar-refractivity contribution in [2.75, 3.05) is 21.2 Å². The van der Waals surface area contributed by atoms with E-state index < -0.39 is 101 Å². The third-order valence-corrected chi connectivity index (χ3v) is 12.5. The first-order valence-corrected chi connectivity index (χ1v) is 18.8. The van der Waals surface area contributed by atoms with Gasteiger partial charge >= 0.3 is 5.97 Å². The maximum absolute atomic E-state index is 14.2. The fourth-order valence-electron chi connectivity index (χ4n) is 9.05. The average Bonchev–Trinajstić information content (AvgIpc) is 3.05. The number of rotatable bonds is 7. The number of methoxy groups -OCH3 is 1. The van der Waals surface area contributed by atoms with Crippen molar-refractivity contribution in [2.45, 2.75) is 179 Å². The molecule has 0 aromatic carbocycles. The van der Waals surface area contributed by atoms with Crippen LogP contribution in [0.3, 0.4) is 0 Å². The summed E-state index contributed by atoms with van der Waals surface area (Å²) in [5.41, 5.74) is -4.59. The molecule has 0 aliphatic carbocycles. The number of likely N-dealkylation sites (N-methyl/N-ethyl adjacent to an activating group) is 1. The number of ketones is 1. The van der Waals surface area contributed by atoms with Gasteiger partial charge in [-0.1, -0.05) is 34.6 Å². The summed E-state index contributed by atoms with van der Waals surface area (Å²) >= 11 is 0. The van der Waals surface area contributed by atoms with E-state index in [0.717, 1.165) is 0 Å². The molecule has 0 amide bonds. The van der Waals surface area contributed by atoms with Gasteiger partial charge in [0.1, 0.15) is 29.7 Å². The largest absolute Gasteiger partial charge is 0.459 e. The Bertz CT molecular complexity index is 1170. The van der Waals surface area contributed by atoms with E-state index in [-0.39, 0.29) is 37.2 Å². The fourth-order valence-corrected chi connectivity index (χ4v) is 9.05. The van der Waals surface area contributed by atoms with E-state index in [1.165, 1.54) is 21.0 Å². The standard InChI is InChI=1S/C38H69NO12/c1-14-28-38(10,46)31(42)23(6)29(40)19(2)17-36(8,45)33(51-35-30(41)27(39(11)12)15-20(3)48-35)21(4)26(22(5)34(44)50-28)16-25-18-37(9,47-13)32(43)24(7)49-25/h19-28,30-33,35,41-43,45-46H,14-18H2,1-13H3/t19-,20?,21+,22-,23+,24?,25?,26+,27?,28-,30?,31-,32?,33-,35?,36-,37?,38-/m1/s1. The first-order chi connectivity index (χ1) is 23.4. The number of aliphatic hydroxyl groups is 5. The van der Waals surface area contributed by atoms with Gasteiger partial charge in [0.25, 0.3) is 0 Å².